The molecule has 1 aliphatic rings. The van der Waals surface area contributed by atoms with Gasteiger partial charge in [0.1, 0.15) is 6.61 Å². The van der Waals surface area contributed by atoms with Crippen molar-refractivity contribution < 1.29 is 24.2 Å². The Hall–Kier alpha value is -2.15. The van der Waals surface area contributed by atoms with Crippen LogP contribution in [-0.4, -0.2) is 59.6 Å². The summed E-state index contributed by atoms with van der Waals surface area (Å²) in [5.74, 6) is -1.19. The summed E-state index contributed by atoms with van der Waals surface area (Å²) in [6.07, 6.45) is 8.43. The van der Waals surface area contributed by atoms with Crippen LogP contribution in [0.25, 0.3) is 0 Å². The molecule has 1 aliphatic heterocycles. The summed E-state index contributed by atoms with van der Waals surface area (Å²) in [4.78, 5) is 38.6. The van der Waals surface area contributed by atoms with Crippen molar-refractivity contribution >= 4 is 17.8 Å². The molecular formula is C22H36N2O5. The number of nitrogens with zero attached hydrogens (tertiary/aromatic N) is 1. The minimum absolute atomic E-state index is 0.0555. The Morgan fingerprint density at radius 2 is 2.03 bits per heavy atom. The van der Waals surface area contributed by atoms with E-state index in [2.05, 4.69) is 18.5 Å². The first-order chi connectivity index (χ1) is 13.9. The van der Waals surface area contributed by atoms with Gasteiger partial charge in [-0.15, -0.1) is 13.2 Å². The molecule has 7 nitrogen and oxygen atoms in total. The van der Waals surface area contributed by atoms with Crippen LogP contribution in [0.1, 0.15) is 58.3 Å². The smallest absolute Gasteiger partial charge is 0.305 e. The molecule has 0 aromatic heterocycles. The van der Waals surface area contributed by atoms with Gasteiger partial charge in [-0.1, -0.05) is 12.2 Å². The fourth-order valence-electron chi connectivity index (χ4n) is 3.42. The molecule has 0 aliphatic carbocycles. The lowest BCUT2D eigenvalue weighted by molar-refractivity contribution is -0.145. The molecule has 164 valence electrons. The molecule has 1 saturated heterocycles. The van der Waals surface area contributed by atoms with Gasteiger partial charge in [-0.2, -0.15) is 0 Å². The Bertz CT molecular complexity index is 563. The maximum absolute atomic E-state index is 12.6. The number of aliphatic hydroxyl groups excluding tert-OH is 1. The zero-order valence-corrected chi connectivity index (χ0v) is 17.6. The molecule has 0 spiro atoms. The van der Waals surface area contributed by atoms with Gasteiger partial charge in [0.25, 0.3) is 0 Å². The van der Waals surface area contributed by atoms with Crippen molar-refractivity contribution in [3.05, 3.63) is 25.3 Å². The summed E-state index contributed by atoms with van der Waals surface area (Å²) in [6.45, 7) is 9.74. The van der Waals surface area contributed by atoms with Gasteiger partial charge in [-0.3, -0.25) is 14.4 Å². The van der Waals surface area contributed by atoms with E-state index in [4.69, 9.17) is 4.74 Å². The molecule has 0 aromatic rings. The number of nitrogens with one attached hydrogen (secondary N) is 1. The highest BCUT2D eigenvalue weighted by Gasteiger charge is 2.31. The highest BCUT2D eigenvalue weighted by atomic mass is 16.5. The molecule has 7 heteroatoms. The quantitative estimate of drug-likeness (QED) is 0.261. The van der Waals surface area contributed by atoms with Crippen LogP contribution in [0.15, 0.2) is 25.3 Å². The summed E-state index contributed by atoms with van der Waals surface area (Å²) < 4.78 is 5.21. The van der Waals surface area contributed by atoms with Crippen LogP contribution < -0.4 is 5.32 Å². The fourth-order valence-corrected chi connectivity index (χ4v) is 3.42. The van der Waals surface area contributed by atoms with E-state index < -0.39 is 5.92 Å². The van der Waals surface area contributed by atoms with E-state index >= 15 is 0 Å². The van der Waals surface area contributed by atoms with E-state index in [0.717, 1.165) is 32.1 Å². The molecule has 2 amide bonds. The maximum Gasteiger partial charge on any atom is 0.305 e. The van der Waals surface area contributed by atoms with Gasteiger partial charge in [0, 0.05) is 19.4 Å². The second kappa shape index (κ2) is 13.9. The first-order valence-corrected chi connectivity index (χ1v) is 10.5. The lowest BCUT2D eigenvalue weighted by Gasteiger charge is -2.25. The summed E-state index contributed by atoms with van der Waals surface area (Å²) in [6, 6.07) is -0.501. The Labute approximate surface area is 174 Å². The molecule has 3 unspecified atom stereocenters. The molecule has 0 aromatic carbocycles. The zero-order valence-electron chi connectivity index (χ0n) is 17.6. The van der Waals surface area contributed by atoms with Crippen molar-refractivity contribution in [1.82, 2.24) is 10.2 Å². The van der Waals surface area contributed by atoms with E-state index in [1.165, 1.54) is 0 Å². The summed E-state index contributed by atoms with van der Waals surface area (Å²) in [5, 5.41) is 12.2. The second-order valence-electron chi connectivity index (χ2n) is 7.62. The Balaban J connectivity index is 2.44. The number of likely N-dealkylation sites (tertiary alicyclic amines) is 1. The number of unbranched alkanes of at least 4 members (excludes halogenated alkanes) is 2. The van der Waals surface area contributed by atoms with E-state index in [1.807, 2.05) is 6.08 Å². The van der Waals surface area contributed by atoms with E-state index in [-0.39, 0.29) is 49.5 Å². The Morgan fingerprint density at radius 1 is 1.28 bits per heavy atom. The molecular weight excluding hydrogens is 372 g/mol. The first kappa shape index (κ1) is 24.9. The van der Waals surface area contributed by atoms with Crippen molar-refractivity contribution in [2.45, 2.75) is 70.4 Å². The fraction of sp³-hybridized carbons (Fsp3) is 0.682. The molecule has 3 atom stereocenters. The van der Waals surface area contributed by atoms with Crippen molar-refractivity contribution in [2.75, 3.05) is 19.8 Å². The highest BCUT2D eigenvalue weighted by molar-refractivity contribution is 5.86. The van der Waals surface area contributed by atoms with E-state index in [1.54, 1.807) is 17.9 Å². The standard InChI is InChI=1S/C22H36N2O5/c1-4-6-7-8-12-21(27)29-16-17(3)23-22(28)18(10-5-2)14-20(26)24-13-9-11-19(24)15-25/h4-5,17-19,25H,1-2,6-16H2,3H3,(H,23,28). The van der Waals surface area contributed by atoms with Crippen LogP contribution in [0.5, 0.6) is 0 Å². The van der Waals surface area contributed by atoms with Crippen LogP contribution >= 0.6 is 0 Å². The molecule has 1 heterocycles. The van der Waals surface area contributed by atoms with Gasteiger partial charge in [-0.25, -0.2) is 0 Å². The van der Waals surface area contributed by atoms with Gasteiger partial charge >= 0.3 is 5.97 Å². The predicted molar refractivity (Wildman–Crippen MR) is 112 cm³/mol. The number of ether oxygens (including phenoxy) is 1. The normalized spacial score (nSPS) is 18.0. The predicted octanol–water partition coefficient (Wildman–Crippen LogP) is 2.35. The van der Waals surface area contributed by atoms with Gasteiger partial charge in [0.05, 0.1) is 24.6 Å². The number of hydrogen-bond donors (Lipinski definition) is 2. The average molecular weight is 409 g/mol. The molecule has 0 bridgehead atoms. The van der Waals surface area contributed by atoms with Gasteiger partial charge < -0.3 is 20.1 Å². The minimum atomic E-state index is -0.531. The SMILES string of the molecule is C=CCCCCC(=O)OCC(C)NC(=O)C(CC=C)CC(=O)N1CCCC1CO. The van der Waals surface area contributed by atoms with Crippen LogP contribution in [-0.2, 0) is 19.1 Å². The van der Waals surface area contributed by atoms with Crippen molar-refractivity contribution in [2.24, 2.45) is 5.92 Å². The van der Waals surface area contributed by atoms with Crippen LogP contribution in [0.4, 0.5) is 0 Å². The van der Waals surface area contributed by atoms with Gasteiger partial charge in [-0.05, 0) is 45.4 Å². The third-order valence-electron chi connectivity index (χ3n) is 5.07. The van der Waals surface area contributed by atoms with Crippen LogP contribution in [0.2, 0.25) is 0 Å². The number of esters is 1. The minimum Gasteiger partial charge on any atom is -0.464 e. The van der Waals surface area contributed by atoms with E-state index in [0.29, 0.717) is 19.4 Å². The van der Waals surface area contributed by atoms with Crippen molar-refractivity contribution in [1.29, 1.82) is 0 Å². The lowest BCUT2D eigenvalue weighted by Crippen LogP contribution is -2.43. The number of allylic oxidation sites excluding steroid dienone is 2. The summed E-state index contributed by atoms with van der Waals surface area (Å²) >= 11 is 0. The highest BCUT2D eigenvalue weighted by Crippen LogP contribution is 2.21. The number of amides is 2. The molecule has 1 rings (SSSR count). The summed E-state index contributed by atoms with van der Waals surface area (Å²) in [5.41, 5.74) is 0. The molecule has 0 radical (unpaired) electrons. The number of carbonyl (C=O) groups excluding carboxylic acids is 3. The third-order valence-corrected chi connectivity index (χ3v) is 5.07. The number of rotatable bonds is 14. The van der Waals surface area contributed by atoms with Gasteiger partial charge in [0.2, 0.25) is 11.8 Å². The molecule has 0 saturated carbocycles. The zero-order chi connectivity index (χ0) is 21.6. The maximum atomic E-state index is 12.6. The lowest BCUT2D eigenvalue weighted by atomic mass is 9.99. The second-order valence-corrected chi connectivity index (χ2v) is 7.62. The van der Waals surface area contributed by atoms with Crippen molar-refractivity contribution in [3.63, 3.8) is 0 Å². The largest absolute Gasteiger partial charge is 0.464 e. The number of aliphatic hydroxyl groups is 1. The number of carbonyl (C=O) groups is 3. The molecule has 29 heavy (non-hydrogen) atoms. The Morgan fingerprint density at radius 3 is 2.69 bits per heavy atom. The summed E-state index contributed by atoms with van der Waals surface area (Å²) in [7, 11) is 0. The Kier molecular flexibility index (Phi) is 12.0. The first-order valence-electron chi connectivity index (χ1n) is 10.5. The molecule has 1 fully saturated rings. The number of hydrogen-bond acceptors (Lipinski definition) is 5. The van der Waals surface area contributed by atoms with Crippen LogP contribution in [0, 0.1) is 5.92 Å². The monoisotopic (exact) mass is 408 g/mol. The van der Waals surface area contributed by atoms with Crippen molar-refractivity contribution in [3.8, 4) is 0 Å². The topological polar surface area (TPSA) is 95.9 Å². The molecule has 2 N–H and O–H groups in total. The van der Waals surface area contributed by atoms with Gasteiger partial charge in [0.15, 0.2) is 0 Å². The van der Waals surface area contributed by atoms with Crippen LogP contribution in [0.3, 0.4) is 0 Å². The van der Waals surface area contributed by atoms with E-state index in [9.17, 15) is 19.5 Å². The third kappa shape index (κ3) is 9.26. The average Bonchev–Trinajstić information content (AvgIpc) is 3.18.